The average molecular weight is 1640 g/mol. The maximum absolute atomic E-state index is 14.4. The molecule has 0 aliphatic carbocycles. The second kappa shape index (κ2) is 38.5. The topological polar surface area (TPSA) is 313 Å². The normalized spacial score (nSPS) is 21.0. The van der Waals surface area contributed by atoms with Gasteiger partial charge >= 0.3 is 47.5 Å². The number of carboxylic acids is 1. The van der Waals surface area contributed by atoms with Crippen LogP contribution in [0.3, 0.4) is 0 Å². The van der Waals surface area contributed by atoms with Gasteiger partial charge in [-0.1, -0.05) is 231 Å². The van der Waals surface area contributed by atoms with Gasteiger partial charge in [-0.15, -0.1) is 0 Å². The minimum Gasteiger partial charge on any atom is -0.543 e. The van der Waals surface area contributed by atoms with Gasteiger partial charge in [-0.25, -0.2) is 14.4 Å². The van der Waals surface area contributed by atoms with Gasteiger partial charge in [0, 0.05) is 24.6 Å². The molecule has 4 amide bonds. The molecule has 14 rings (SSSR count). The summed E-state index contributed by atoms with van der Waals surface area (Å²) in [5.41, 5.74) is 15.5. The summed E-state index contributed by atoms with van der Waals surface area (Å²) < 4.78 is 22.4. The van der Waals surface area contributed by atoms with Crippen molar-refractivity contribution in [2.24, 2.45) is 23.7 Å². The van der Waals surface area contributed by atoms with E-state index in [4.69, 9.17) is 24.4 Å². The van der Waals surface area contributed by atoms with Crippen molar-refractivity contribution < 1.29 is 112 Å². The van der Waals surface area contributed by atoms with Crippen molar-refractivity contribution in [1.29, 1.82) is 0 Å². The zero-order chi connectivity index (χ0) is 84.6. The van der Waals surface area contributed by atoms with E-state index in [0.29, 0.717) is 53.0 Å². The van der Waals surface area contributed by atoms with Gasteiger partial charge in [0.25, 0.3) is 0 Å². The van der Waals surface area contributed by atoms with Gasteiger partial charge in [-0.05, 0) is 149 Å². The molecule has 0 unspecified atom stereocenters. The van der Waals surface area contributed by atoms with Crippen LogP contribution in [0.5, 0.6) is 0 Å². The molecule has 610 valence electrons. The van der Waals surface area contributed by atoms with Crippen molar-refractivity contribution in [1.82, 2.24) is 19.6 Å². The van der Waals surface area contributed by atoms with Gasteiger partial charge in [0.1, 0.15) is 36.6 Å². The van der Waals surface area contributed by atoms with Crippen molar-refractivity contribution in [3.63, 3.8) is 0 Å². The number of carboxylic acid groups (broad SMARTS) is 1. The Balaban J connectivity index is 0.000000173. The number of amides is 4. The van der Waals surface area contributed by atoms with E-state index in [9.17, 15) is 63.6 Å². The number of likely N-dealkylation sites (tertiary alicyclic amines) is 1. The number of aliphatic hydroxyl groups is 3. The van der Waals surface area contributed by atoms with Gasteiger partial charge in [0.2, 0.25) is 23.6 Å². The first-order valence-corrected chi connectivity index (χ1v) is 44.3. The molecular weight excluding hydrogens is 1540 g/mol. The number of hydrogen-bond donors (Lipinski definition) is 4. The number of rotatable bonds is 26. The van der Waals surface area contributed by atoms with Crippen LogP contribution in [0.4, 0.5) is 5.69 Å². The molecule has 7 aliphatic heterocycles. The fourth-order valence-electron chi connectivity index (χ4n) is 16.8. The van der Waals surface area contributed by atoms with E-state index < -0.39 is 87.1 Å². The predicted octanol–water partition coefficient (Wildman–Crippen LogP) is 6.93. The minimum absolute atomic E-state index is 0. The first kappa shape index (κ1) is 89.9. The van der Waals surface area contributed by atoms with Crippen molar-refractivity contribution in [3.05, 3.63) is 282 Å². The Hall–Kier alpha value is -10.4. The predicted molar refractivity (Wildman–Crippen MR) is 452 cm³/mol. The van der Waals surface area contributed by atoms with Crippen molar-refractivity contribution in [2.45, 2.75) is 142 Å². The van der Waals surface area contributed by atoms with E-state index in [-0.39, 0.29) is 121 Å². The van der Waals surface area contributed by atoms with Crippen LogP contribution < -0.4 is 56.3 Å². The van der Waals surface area contributed by atoms with Gasteiger partial charge in [-0.3, -0.25) is 24.0 Å². The Morgan fingerprint density at radius 2 is 0.831 bits per heavy atom. The molecule has 4 saturated heterocycles. The molecule has 118 heavy (non-hydrogen) atoms. The molecule has 5 N–H and O–H groups in total. The zero-order valence-electron chi connectivity index (χ0n) is 68.5. The zero-order valence-corrected chi connectivity index (χ0v) is 72.4. The second-order valence-electron chi connectivity index (χ2n) is 31.3. The van der Waals surface area contributed by atoms with Crippen LogP contribution in [-0.2, 0) is 57.0 Å². The molecule has 0 bridgehead atoms. The Labute approximate surface area is 712 Å². The Morgan fingerprint density at radius 1 is 0.492 bits per heavy atom. The minimum atomic E-state index is -3.11. The monoisotopic (exact) mass is 1640 g/mol. The molecule has 0 aromatic heterocycles. The molecule has 0 radical (unpaired) electrons. The molecule has 7 heterocycles. The van der Waals surface area contributed by atoms with Crippen LogP contribution in [-0.4, -0.2) is 170 Å². The number of esters is 3. The number of aliphatic carboxylic acids is 1. The average Bonchev–Trinajstić information content (AvgIpc) is 1.27. The second-order valence-corrected chi connectivity index (χ2v) is 39.0. The molecule has 7 aromatic rings. The maximum Gasteiger partial charge on any atom is 1.00 e. The van der Waals surface area contributed by atoms with E-state index in [0.717, 1.165) is 54.9 Å². The number of fused-ring (bicyclic) bond motifs is 3. The summed E-state index contributed by atoms with van der Waals surface area (Å²) in [7, 11) is -1.77. The third kappa shape index (κ3) is 18.4. The number of carbonyl (C=O) groups excluding carboxylic acids is 9. The van der Waals surface area contributed by atoms with Crippen LogP contribution in [0.1, 0.15) is 97.1 Å². The summed E-state index contributed by atoms with van der Waals surface area (Å²) in [5.74, 6) is -6.37. The number of ketones is 1. The molecule has 25 heteroatoms. The molecule has 7 aliphatic rings. The first-order valence-electron chi connectivity index (χ1n) is 39.1. The third-order valence-electron chi connectivity index (χ3n) is 22.1. The number of benzene rings is 7. The van der Waals surface area contributed by atoms with Gasteiger partial charge in [0.15, 0.2) is 14.1 Å². The smallest absolute Gasteiger partial charge is 0.543 e. The SMILES string of the molecule is C=CCOC(=O)C(N1C(=O)[C@H]([C@@H](C)O)[C@H]1CC(=O)c1ccc(C)cc1)=P(c1ccccc1)(c1ccccc1)c1ccccc1.C=CCOC(=O)C1=C(c2ccc(C)cc2)C[C@@H]2[C@@H]([C@@H](C)O)C(=O)N12.C=CCOC(=O)C1=C(c2ccc(C)cc2)C[C@@H]2[C@@H]([C@@H](C)O[Si](C)(C)C)C(=O)N12.C[C@@H](O)[C@H]1C(=O)N2C(C(=O)[O-])=C(c3ccc(N)cc3)C[C@H]12.[Na+]. The van der Waals surface area contributed by atoms with E-state index >= 15 is 0 Å². The van der Waals surface area contributed by atoms with Crippen molar-refractivity contribution in [3.8, 4) is 0 Å². The number of anilines is 1. The van der Waals surface area contributed by atoms with Crippen LogP contribution >= 0.6 is 6.89 Å². The fraction of sp³-hybridized carbons (Fsp3) is 0.312. The molecule has 0 saturated carbocycles. The van der Waals surface area contributed by atoms with Crippen LogP contribution in [0.25, 0.3) is 16.7 Å². The number of Topliss-reactive ketones (excluding diaryl/α,β-unsaturated/α-hetero) is 1. The van der Waals surface area contributed by atoms with Gasteiger partial charge < -0.3 is 69.2 Å². The molecule has 12 atom stereocenters. The van der Waals surface area contributed by atoms with Crippen molar-refractivity contribution in [2.75, 3.05) is 25.6 Å². The molecule has 22 nitrogen and oxygen atoms in total. The summed E-state index contributed by atoms with van der Waals surface area (Å²) in [6.07, 6.45) is 3.29. The molecule has 0 spiro atoms. The summed E-state index contributed by atoms with van der Waals surface area (Å²) >= 11 is 0. The summed E-state index contributed by atoms with van der Waals surface area (Å²) in [6.45, 7) is 26.9. The number of ether oxygens (including phenoxy) is 3. The number of nitrogen functional groups attached to an aromatic ring is 1. The first-order chi connectivity index (χ1) is 55.8. The molecule has 7 aromatic carbocycles. The summed E-state index contributed by atoms with van der Waals surface area (Å²) in [4.78, 5) is 122. The summed E-state index contributed by atoms with van der Waals surface area (Å²) in [5, 5.41) is 44.2. The third-order valence-corrected chi connectivity index (χ3v) is 27.4. The number of nitrogens with two attached hydrogens (primary N) is 1. The number of aryl methyl sites for hydroxylation is 3. The number of aliphatic hydroxyl groups excluding tert-OH is 3. The molecular formula is C93H101N5NaO17PSi. The van der Waals surface area contributed by atoms with Gasteiger partial charge in [-0.2, -0.15) is 0 Å². The molecule has 4 fully saturated rings. The van der Waals surface area contributed by atoms with Crippen LogP contribution in [0, 0.1) is 44.4 Å². The summed E-state index contributed by atoms with van der Waals surface area (Å²) in [6, 6.07) is 57.6. The van der Waals surface area contributed by atoms with Crippen LogP contribution in [0.15, 0.2) is 243 Å². The number of carbonyl (C=O) groups is 9. The number of hydrogen-bond acceptors (Lipinski definition) is 18. The number of nitrogens with zero attached hydrogens (tertiary/aromatic N) is 4. The fourth-order valence-corrected chi connectivity index (χ4v) is 22.4. The maximum atomic E-state index is 14.4. The largest absolute Gasteiger partial charge is 1.00 e. The Kier molecular flexibility index (Phi) is 29.4. The number of β-lactam (4-membered cyclic amide) rings is 4. The van der Waals surface area contributed by atoms with E-state index in [1.165, 1.54) is 32.9 Å². The van der Waals surface area contributed by atoms with Crippen molar-refractivity contribution >= 4 is 112 Å². The quantitative estimate of drug-likeness (QED) is 0.00624. The van der Waals surface area contributed by atoms with E-state index in [2.05, 4.69) is 39.4 Å². The van der Waals surface area contributed by atoms with E-state index in [1.54, 1.807) is 62.1 Å². The van der Waals surface area contributed by atoms with Crippen LogP contribution in [0.2, 0.25) is 19.6 Å². The Bertz CT molecular complexity index is 5020. The Morgan fingerprint density at radius 3 is 1.19 bits per heavy atom. The standard InChI is InChI=1S/C37H36NO5P.C22H29NO4Si.C19H21NO4.C15H16N2O4.Na/c1-4-24-43-37(42)36(38-32(34(27(3)39)35(38)41)25-33(40)28-22-20-26(2)21-23-28)44(29-14-8-5-9-15-29,30-16-10-6-11-17-30)31-18-12-7-13-19-31;1-7-12-26-22(25)20-17(16-10-8-14(2)9-11-16)13-18-19(21(24)23(18)20)15(3)27-28(4,5)6;1-4-9-24-19(23)17-14(13-7-5-11(2)6-8-13)10-15-16(12(3)21)18(22)20(15)17;1-7(18)12-11-6-10(8-2-4-9(16)5-3-8)13(15(20)21)17(11)14(12)19;/h4-23,27,32,34,39H,1,24-25H2,2-3H3;7-11,15,18-19H,1,12-13H2,2-6H3;4-8,12,15-16,21H,1,9-10H2,2-3H3;2-5,7,11-12,18H,6,16H2,1H3,(H,20,21);/q;;;;+1/p-1/t27-,32-,34-;15-,18-,19-;12-,15-,16-;7-,11-,12-;/m1111./s1. The van der Waals surface area contributed by atoms with E-state index in [1.807, 2.05) is 179 Å². The van der Waals surface area contributed by atoms with Gasteiger partial charge in [0.05, 0.1) is 83.9 Å².